The number of thioether (sulfide) groups is 1. The first-order valence-corrected chi connectivity index (χ1v) is 10.2. The molecular weight excluding hydrogens is 368 g/mol. The number of aryl methyl sites for hydroxylation is 3. The minimum atomic E-state index is -0.379. The van der Waals surface area contributed by atoms with E-state index < -0.39 is 0 Å². The van der Waals surface area contributed by atoms with Crippen LogP contribution in [0.25, 0.3) is 5.70 Å². The molecule has 0 aliphatic carbocycles. The zero-order valence-electron chi connectivity index (χ0n) is 16.2. The SMILES string of the molecule is C=CCSC1=NN2C(=c3ccccc3=N[C@H]2c2c(C)cc(C)cc2C)C(=O)N1. The summed E-state index contributed by atoms with van der Waals surface area (Å²) in [6.07, 6.45) is 1.41. The van der Waals surface area contributed by atoms with Gasteiger partial charge >= 0.3 is 0 Å². The Hall–Kier alpha value is -2.86. The lowest BCUT2D eigenvalue weighted by molar-refractivity contribution is -0.116. The van der Waals surface area contributed by atoms with Crippen LogP contribution in [-0.2, 0) is 4.79 Å². The number of amides is 1. The molecule has 0 spiro atoms. The monoisotopic (exact) mass is 390 g/mol. The van der Waals surface area contributed by atoms with Gasteiger partial charge in [0.15, 0.2) is 11.3 Å². The lowest BCUT2D eigenvalue weighted by Gasteiger charge is -2.35. The number of nitrogens with zero attached hydrogens (tertiary/aromatic N) is 3. The predicted octanol–water partition coefficient (Wildman–Crippen LogP) is 2.67. The molecule has 1 atom stereocenters. The van der Waals surface area contributed by atoms with E-state index >= 15 is 0 Å². The molecule has 28 heavy (non-hydrogen) atoms. The largest absolute Gasteiger partial charge is 0.298 e. The van der Waals surface area contributed by atoms with E-state index in [0.717, 1.165) is 27.3 Å². The van der Waals surface area contributed by atoms with E-state index in [0.29, 0.717) is 16.6 Å². The molecule has 0 bridgehead atoms. The van der Waals surface area contributed by atoms with E-state index in [1.54, 1.807) is 11.1 Å². The van der Waals surface area contributed by atoms with E-state index in [2.05, 4.69) is 44.8 Å². The van der Waals surface area contributed by atoms with E-state index in [1.165, 1.54) is 17.3 Å². The molecule has 0 aromatic heterocycles. The number of hydrogen-bond donors (Lipinski definition) is 1. The Bertz CT molecular complexity index is 1110. The van der Waals surface area contributed by atoms with Crippen molar-refractivity contribution in [3.05, 3.63) is 81.9 Å². The van der Waals surface area contributed by atoms with E-state index in [1.807, 2.05) is 24.3 Å². The summed E-state index contributed by atoms with van der Waals surface area (Å²) < 4.78 is 0. The molecular formula is C22H22N4OS. The van der Waals surface area contributed by atoms with Crippen molar-refractivity contribution in [1.29, 1.82) is 0 Å². The molecule has 0 radical (unpaired) electrons. The fourth-order valence-electron chi connectivity index (χ4n) is 3.82. The number of rotatable bonds is 3. The maximum absolute atomic E-state index is 13.0. The quantitative estimate of drug-likeness (QED) is 0.820. The van der Waals surface area contributed by atoms with Crippen molar-refractivity contribution in [1.82, 2.24) is 10.3 Å². The van der Waals surface area contributed by atoms with Crippen LogP contribution in [-0.4, -0.2) is 21.8 Å². The molecule has 2 heterocycles. The summed E-state index contributed by atoms with van der Waals surface area (Å²) in [7, 11) is 0. The number of nitrogens with one attached hydrogen (secondary N) is 1. The smallest absolute Gasteiger partial charge is 0.276 e. The zero-order chi connectivity index (χ0) is 19.8. The second-order valence-electron chi connectivity index (χ2n) is 6.98. The fraction of sp³-hybridized carbons (Fsp3) is 0.227. The maximum atomic E-state index is 13.0. The van der Waals surface area contributed by atoms with Gasteiger partial charge in [-0.2, -0.15) is 0 Å². The Labute approximate surface area is 168 Å². The van der Waals surface area contributed by atoms with Crippen LogP contribution < -0.4 is 15.9 Å². The highest BCUT2D eigenvalue weighted by molar-refractivity contribution is 8.14. The lowest BCUT2D eigenvalue weighted by atomic mass is 9.96. The van der Waals surface area contributed by atoms with Gasteiger partial charge in [-0.3, -0.25) is 15.1 Å². The molecule has 1 N–H and O–H groups in total. The van der Waals surface area contributed by atoms with Gasteiger partial charge in [0.05, 0.1) is 5.36 Å². The van der Waals surface area contributed by atoms with Crippen molar-refractivity contribution in [2.75, 3.05) is 5.75 Å². The number of carbonyl (C=O) groups is 1. The molecule has 2 aliphatic rings. The molecule has 0 saturated heterocycles. The number of fused-ring (bicyclic) bond motifs is 2. The average molecular weight is 391 g/mol. The Kier molecular flexibility index (Phi) is 4.81. The third-order valence-electron chi connectivity index (χ3n) is 4.85. The van der Waals surface area contributed by atoms with Gasteiger partial charge in [0.2, 0.25) is 0 Å². The van der Waals surface area contributed by atoms with Gasteiger partial charge in [-0.1, -0.05) is 53.7 Å². The van der Waals surface area contributed by atoms with Gasteiger partial charge in [-0.15, -0.1) is 11.7 Å². The van der Waals surface area contributed by atoms with Crippen molar-refractivity contribution in [2.24, 2.45) is 10.1 Å². The van der Waals surface area contributed by atoms with Gasteiger partial charge in [-0.05, 0) is 38.0 Å². The lowest BCUT2D eigenvalue weighted by Crippen LogP contribution is -2.50. The molecule has 0 unspecified atom stereocenters. The van der Waals surface area contributed by atoms with Crippen molar-refractivity contribution in [3.63, 3.8) is 0 Å². The summed E-state index contributed by atoms with van der Waals surface area (Å²) in [5.41, 5.74) is 5.13. The van der Waals surface area contributed by atoms with Crippen LogP contribution in [0.3, 0.4) is 0 Å². The highest BCUT2D eigenvalue weighted by Gasteiger charge is 2.35. The van der Waals surface area contributed by atoms with Crippen molar-refractivity contribution >= 4 is 28.5 Å². The highest BCUT2D eigenvalue weighted by Crippen LogP contribution is 2.34. The Balaban J connectivity index is 1.96. The molecule has 4 rings (SSSR count). The molecule has 2 aromatic carbocycles. The maximum Gasteiger partial charge on any atom is 0.276 e. The summed E-state index contributed by atoms with van der Waals surface area (Å²) >= 11 is 1.45. The topological polar surface area (TPSA) is 57.1 Å². The first-order chi connectivity index (χ1) is 13.5. The number of hydrogen-bond acceptors (Lipinski definition) is 5. The van der Waals surface area contributed by atoms with Crippen LogP contribution in [0.5, 0.6) is 0 Å². The average Bonchev–Trinajstić information content (AvgIpc) is 2.65. The first kappa shape index (κ1) is 18.5. The molecule has 142 valence electrons. The second kappa shape index (κ2) is 7.28. The van der Waals surface area contributed by atoms with Crippen LogP contribution in [0.1, 0.15) is 28.4 Å². The summed E-state index contributed by atoms with van der Waals surface area (Å²) in [4.78, 5) is 18.0. The molecule has 5 nitrogen and oxygen atoms in total. The molecule has 2 aliphatic heterocycles. The molecule has 6 heteroatoms. The molecule has 0 saturated carbocycles. The number of amidine groups is 1. The van der Waals surface area contributed by atoms with Crippen LogP contribution in [0.4, 0.5) is 0 Å². The Morgan fingerprint density at radius 1 is 1.21 bits per heavy atom. The first-order valence-electron chi connectivity index (χ1n) is 9.17. The fourth-order valence-corrected chi connectivity index (χ4v) is 4.40. The molecule has 1 amide bonds. The van der Waals surface area contributed by atoms with Gasteiger partial charge < -0.3 is 0 Å². The van der Waals surface area contributed by atoms with Crippen molar-refractivity contribution < 1.29 is 4.79 Å². The van der Waals surface area contributed by atoms with Gasteiger partial charge in [0, 0.05) is 16.5 Å². The highest BCUT2D eigenvalue weighted by atomic mass is 32.2. The van der Waals surface area contributed by atoms with Crippen molar-refractivity contribution in [2.45, 2.75) is 26.9 Å². The minimum absolute atomic E-state index is 0.156. The molecule has 0 fully saturated rings. The van der Waals surface area contributed by atoms with E-state index in [-0.39, 0.29) is 12.1 Å². The summed E-state index contributed by atoms with van der Waals surface area (Å²) in [5.74, 6) is 0.514. The van der Waals surface area contributed by atoms with Crippen molar-refractivity contribution in [3.8, 4) is 0 Å². The standard InChI is InChI=1S/C22H22N4OS/c1-5-10-28-22-24-21(27)19-16-8-6-7-9-17(16)23-20(26(19)25-22)18-14(3)11-13(2)12-15(18)4/h5-9,11-12,20H,1,10H2,2-4H3,(H,24,25,27)/t20-/m1/s1. The number of benzene rings is 2. The number of hydrazone groups is 1. The van der Waals surface area contributed by atoms with Crippen LogP contribution >= 0.6 is 11.8 Å². The van der Waals surface area contributed by atoms with Crippen LogP contribution in [0.15, 0.2) is 59.1 Å². The predicted molar refractivity (Wildman–Crippen MR) is 114 cm³/mol. The molecule has 2 aromatic rings. The second-order valence-corrected chi connectivity index (χ2v) is 7.99. The van der Waals surface area contributed by atoms with Gasteiger partial charge in [0.1, 0.15) is 5.70 Å². The number of para-hydroxylation sites is 1. The summed E-state index contributed by atoms with van der Waals surface area (Å²) in [5, 5.41) is 11.6. The normalized spacial score (nSPS) is 17.9. The summed E-state index contributed by atoms with van der Waals surface area (Å²) in [6.45, 7) is 10.0. The number of carbonyl (C=O) groups excluding carboxylic acids is 1. The van der Waals surface area contributed by atoms with Gasteiger partial charge in [0.25, 0.3) is 5.91 Å². The third-order valence-corrected chi connectivity index (χ3v) is 5.71. The zero-order valence-corrected chi connectivity index (χ0v) is 17.0. The van der Waals surface area contributed by atoms with Crippen LogP contribution in [0.2, 0.25) is 0 Å². The Morgan fingerprint density at radius 3 is 2.64 bits per heavy atom. The van der Waals surface area contributed by atoms with Crippen LogP contribution in [0, 0.1) is 20.8 Å². The Morgan fingerprint density at radius 2 is 1.93 bits per heavy atom. The van der Waals surface area contributed by atoms with E-state index in [9.17, 15) is 4.79 Å². The third kappa shape index (κ3) is 3.14. The minimum Gasteiger partial charge on any atom is -0.298 e. The summed E-state index contributed by atoms with van der Waals surface area (Å²) in [6, 6.07) is 12.0. The van der Waals surface area contributed by atoms with E-state index in [4.69, 9.17) is 10.1 Å². The van der Waals surface area contributed by atoms with Gasteiger partial charge in [-0.25, -0.2) is 5.01 Å².